The van der Waals surface area contributed by atoms with Crippen molar-refractivity contribution in [3.8, 4) is 0 Å². The number of rotatable bonds is 5. The van der Waals surface area contributed by atoms with Crippen molar-refractivity contribution in [2.24, 2.45) is 5.73 Å². The van der Waals surface area contributed by atoms with Crippen LogP contribution in [0.1, 0.15) is 42.8 Å². The summed E-state index contributed by atoms with van der Waals surface area (Å²) in [4.78, 5) is 35.7. The minimum atomic E-state index is -1.18. The largest absolute Gasteiger partial charge is 0.444 e. The Bertz CT molecular complexity index is 811. The number of ether oxygens (including phenoxy) is 2. The van der Waals surface area contributed by atoms with Gasteiger partial charge in [0.2, 0.25) is 6.10 Å². The topological polar surface area (TPSA) is 108 Å². The van der Waals surface area contributed by atoms with E-state index in [1.807, 2.05) is 0 Å². The van der Waals surface area contributed by atoms with E-state index in [-0.39, 0.29) is 5.56 Å². The fourth-order valence-corrected chi connectivity index (χ4v) is 2.20. The smallest absolute Gasteiger partial charge is 0.412 e. The summed E-state index contributed by atoms with van der Waals surface area (Å²) < 4.78 is 10.4. The second-order valence-electron chi connectivity index (χ2n) is 6.80. The summed E-state index contributed by atoms with van der Waals surface area (Å²) in [7, 11) is 0. The number of primary amides is 1. The molecule has 7 nitrogen and oxygen atoms in total. The van der Waals surface area contributed by atoms with Crippen LogP contribution < -0.4 is 11.1 Å². The van der Waals surface area contributed by atoms with Crippen molar-refractivity contribution < 1.29 is 23.9 Å². The minimum absolute atomic E-state index is 0.215. The lowest BCUT2D eigenvalue weighted by atomic mass is 10.1. The van der Waals surface area contributed by atoms with Crippen LogP contribution in [-0.4, -0.2) is 23.6 Å². The molecule has 0 aromatic heterocycles. The van der Waals surface area contributed by atoms with Crippen LogP contribution in [0.4, 0.5) is 10.5 Å². The van der Waals surface area contributed by atoms with Crippen LogP contribution >= 0.6 is 0 Å². The molecule has 2 rings (SSSR count). The first-order valence-corrected chi connectivity index (χ1v) is 8.31. The average Bonchev–Trinajstić information content (AvgIpc) is 2.59. The number of anilines is 1. The predicted molar refractivity (Wildman–Crippen MR) is 100 cm³/mol. The molecule has 2 aromatic carbocycles. The number of nitrogens with one attached hydrogen (secondary N) is 1. The molecule has 3 N–H and O–H groups in total. The van der Waals surface area contributed by atoms with Gasteiger partial charge in [-0.2, -0.15) is 0 Å². The van der Waals surface area contributed by atoms with Gasteiger partial charge in [-0.3, -0.25) is 10.1 Å². The maximum atomic E-state index is 12.3. The Balaban J connectivity index is 2.04. The van der Waals surface area contributed by atoms with Gasteiger partial charge in [-0.15, -0.1) is 0 Å². The Morgan fingerprint density at radius 1 is 0.963 bits per heavy atom. The summed E-state index contributed by atoms with van der Waals surface area (Å²) in [6, 6.07) is 14.5. The van der Waals surface area contributed by atoms with Crippen molar-refractivity contribution >= 4 is 23.7 Å². The summed E-state index contributed by atoms with van der Waals surface area (Å²) in [5.41, 5.74) is 5.89. The molecule has 2 aromatic rings. The number of hydrogen-bond acceptors (Lipinski definition) is 5. The van der Waals surface area contributed by atoms with Crippen LogP contribution in [0, 0.1) is 0 Å². The van der Waals surface area contributed by atoms with Gasteiger partial charge in [0.15, 0.2) is 0 Å². The number of hydrogen-bond donors (Lipinski definition) is 2. The monoisotopic (exact) mass is 370 g/mol. The van der Waals surface area contributed by atoms with Crippen molar-refractivity contribution in [1.29, 1.82) is 0 Å². The van der Waals surface area contributed by atoms with Crippen LogP contribution in [0.5, 0.6) is 0 Å². The van der Waals surface area contributed by atoms with Gasteiger partial charge in [-0.25, -0.2) is 9.59 Å². The Hall–Kier alpha value is -3.35. The predicted octanol–water partition coefficient (Wildman–Crippen LogP) is 3.42. The van der Waals surface area contributed by atoms with Gasteiger partial charge in [0.25, 0.3) is 5.91 Å². The zero-order chi connectivity index (χ0) is 20.0. The molecular formula is C20H22N2O5. The van der Waals surface area contributed by atoms with Gasteiger partial charge in [-0.05, 0) is 45.0 Å². The number of carbonyl (C=O) groups is 3. The van der Waals surface area contributed by atoms with E-state index in [9.17, 15) is 14.4 Å². The zero-order valence-electron chi connectivity index (χ0n) is 15.4. The van der Waals surface area contributed by atoms with Crippen molar-refractivity contribution in [2.45, 2.75) is 32.5 Å². The maximum absolute atomic E-state index is 12.3. The van der Waals surface area contributed by atoms with E-state index in [4.69, 9.17) is 15.2 Å². The summed E-state index contributed by atoms with van der Waals surface area (Å²) in [5.74, 6) is -1.47. The van der Waals surface area contributed by atoms with E-state index in [1.54, 1.807) is 51.1 Å². The third-order valence-corrected chi connectivity index (χ3v) is 3.35. The number of amides is 2. The van der Waals surface area contributed by atoms with Crippen LogP contribution in [0.25, 0.3) is 0 Å². The van der Waals surface area contributed by atoms with Crippen LogP contribution in [0.3, 0.4) is 0 Å². The van der Waals surface area contributed by atoms with E-state index in [0.717, 1.165) is 0 Å². The fourth-order valence-electron chi connectivity index (χ4n) is 2.20. The Kier molecular flexibility index (Phi) is 6.18. The molecule has 0 saturated carbocycles. The standard InChI is InChI=1S/C20H22N2O5/c1-20(2,3)27-19(25)22-15-11-9-14(10-12-15)18(24)26-16(17(21)23)13-7-5-4-6-8-13/h4-12,16H,1-3H3,(H2,21,23)(H,22,25)/t16-/m0/s1. The quantitative estimate of drug-likeness (QED) is 0.784. The molecule has 27 heavy (non-hydrogen) atoms. The van der Waals surface area contributed by atoms with Crippen molar-refractivity contribution in [1.82, 2.24) is 0 Å². The van der Waals surface area contributed by atoms with Gasteiger partial charge >= 0.3 is 12.1 Å². The number of carbonyl (C=O) groups excluding carboxylic acids is 3. The number of nitrogens with two attached hydrogens (primary N) is 1. The minimum Gasteiger partial charge on any atom is -0.444 e. The van der Waals surface area contributed by atoms with Gasteiger partial charge in [0, 0.05) is 11.3 Å². The third-order valence-electron chi connectivity index (χ3n) is 3.35. The SMILES string of the molecule is CC(C)(C)OC(=O)Nc1ccc(C(=O)O[C@H](C(N)=O)c2ccccc2)cc1. The first kappa shape index (κ1) is 20.0. The molecule has 7 heteroatoms. The molecule has 0 radical (unpaired) electrons. The molecule has 0 spiro atoms. The molecule has 1 atom stereocenters. The molecule has 0 saturated heterocycles. The first-order valence-electron chi connectivity index (χ1n) is 8.31. The highest BCUT2D eigenvalue weighted by molar-refractivity contribution is 5.93. The molecule has 0 unspecified atom stereocenters. The average molecular weight is 370 g/mol. The molecule has 0 fully saturated rings. The second-order valence-corrected chi connectivity index (χ2v) is 6.80. The highest BCUT2D eigenvalue weighted by Crippen LogP contribution is 2.20. The summed E-state index contributed by atoms with van der Waals surface area (Å²) in [6.45, 7) is 5.27. The molecule has 0 aliphatic rings. The molecule has 0 bridgehead atoms. The lowest BCUT2D eigenvalue weighted by molar-refractivity contribution is -0.127. The molecule has 0 aliphatic heterocycles. The van der Waals surface area contributed by atoms with E-state index in [1.165, 1.54) is 24.3 Å². The van der Waals surface area contributed by atoms with E-state index in [0.29, 0.717) is 11.3 Å². The maximum Gasteiger partial charge on any atom is 0.412 e. The van der Waals surface area contributed by atoms with Gasteiger partial charge in [0.05, 0.1) is 5.56 Å². The van der Waals surface area contributed by atoms with E-state index in [2.05, 4.69) is 5.32 Å². The molecule has 0 heterocycles. The van der Waals surface area contributed by atoms with E-state index >= 15 is 0 Å². The molecule has 142 valence electrons. The Labute approximate surface area is 157 Å². The van der Waals surface area contributed by atoms with Crippen LogP contribution in [0.15, 0.2) is 54.6 Å². The lowest BCUT2D eigenvalue weighted by Gasteiger charge is -2.19. The molecule has 2 amide bonds. The van der Waals surface area contributed by atoms with Gasteiger partial charge in [0.1, 0.15) is 5.60 Å². The van der Waals surface area contributed by atoms with Crippen LogP contribution in [0.2, 0.25) is 0 Å². The fraction of sp³-hybridized carbons (Fsp3) is 0.250. The summed E-state index contributed by atoms with van der Waals surface area (Å²) in [5, 5.41) is 2.56. The first-order chi connectivity index (χ1) is 12.7. The third kappa shape index (κ3) is 6.14. The highest BCUT2D eigenvalue weighted by atomic mass is 16.6. The van der Waals surface area contributed by atoms with Crippen LogP contribution in [-0.2, 0) is 14.3 Å². The summed E-state index contributed by atoms with van der Waals surface area (Å²) >= 11 is 0. The van der Waals surface area contributed by atoms with Gasteiger partial charge in [-0.1, -0.05) is 30.3 Å². The number of benzene rings is 2. The zero-order valence-corrected chi connectivity index (χ0v) is 15.4. The Morgan fingerprint density at radius 3 is 2.07 bits per heavy atom. The molecule has 0 aliphatic carbocycles. The second kappa shape index (κ2) is 8.35. The van der Waals surface area contributed by atoms with Crippen molar-refractivity contribution in [3.05, 3.63) is 65.7 Å². The van der Waals surface area contributed by atoms with Crippen molar-refractivity contribution in [3.63, 3.8) is 0 Å². The summed E-state index contributed by atoms with van der Waals surface area (Å²) in [6.07, 6.45) is -1.78. The highest BCUT2D eigenvalue weighted by Gasteiger charge is 2.23. The lowest BCUT2D eigenvalue weighted by Crippen LogP contribution is -2.27. The normalized spacial score (nSPS) is 12.0. The molecular weight excluding hydrogens is 348 g/mol. The van der Waals surface area contributed by atoms with Gasteiger partial charge < -0.3 is 15.2 Å². The van der Waals surface area contributed by atoms with E-state index < -0.39 is 29.7 Å². The number of esters is 1. The Morgan fingerprint density at radius 2 is 1.56 bits per heavy atom. The van der Waals surface area contributed by atoms with Crippen molar-refractivity contribution in [2.75, 3.05) is 5.32 Å².